The molecular formula is C14H19N3O2. The van der Waals surface area contributed by atoms with Gasteiger partial charge in [0.25, 0.3) is 0 Å². The topological polar surface area (TPSA) is 64.1 Å². The molecular weight excluding hydrogens is 242 g/mol. The van der Waals surface area contributed by atoms with Crippen LogP contribution in [0.4, 0.5) is 0 Å². The van der Waals surface area contributed by atoms with Crippen LogP contribution < -0.4 is 5.32 Å². The first kappa shape index (κ1) is 12.4. The van der Waals surface area contributed by atoms with Crippen LogP contribution in [-0.4, -0.2) is 10.1 Å². The zero-order valence-corrected chi connectivity index (χ0v) is 11.5. The van der Waals surface area contributed by atoms with Crippen LogP contribution in [0.3, 0.4) is 0 Å². The molecule has 1 saturated carbocycles. The van der Waals surface area contributed by atoms with Gasteiger partial charge in [-0.2, -0.15) is 4.98 Å². The van der Waals surface area contributed by atoms with Crippen LogP contribution in [0.2, 0.25) is 0 Å². The van der Waals surface area contributed by atoms with Crippen molar-refractivity contribution in [1.82, 2.24) is 15.5 Å². The fraction of sp³-hybridized carbons (Fsp3) is 0.571. The Morgan fingerprint density at radius 3 is 2.68 bits per heavy atom. The van der Waals surface area contributed by atoms with Crippen molar-refractivity contribution in [3.05, 3.63) is 35.4 Å². The van der Waals surface area contributed by atoms with Gasteiger partial charge in [-0.25, -0.2) is 0 Å². The van der Waals surface area contributed by atoms with Gasteiger partial charge >= 0.3 is 0 Å². The Hall–Kier alpha value is -1.62. The van der Waals surface area contributed by atoms with Crippen molar-refractivity contribution < 1.29 is 8.94 Å². The molecule has 2 aromatic heterocycles. The maximum Gasteiger partial charge on any atom is 0.243 e. The van der Waals surface area contributed by atoms with Crippen LogP contribution in [0.1, 0.15) is 67.9 Å². The first-order valence-corrected chi connectivity index (χ1v) is 6.79. The first-order chi connectivity index (χ1) is 9.13. The third-order valence-corrected chi connectivity index (χ3v) is 3.46. The van der Waals surface area contributed by atoms with E-state index in [2.05, 4.69) is 22.4 Å². The van der Waals surface area contributed by atoms with Gasteiger partial charge in [0.05, 0.1) is 12.1 Å². The van der Waals surface area contributed by atoms with Gasteiger partial charge in [0, 0.05) is 5.92 Å². The Morgan fingerprint density at radius 2 is 2.05 bits per heavy atom. The lowest BCUT2D eigenvalue weighted by molar-refractivity contribution is 0.313. The maximum absolute atomic E-state index is 5.61. The smallest absolute Gasteiger partial charge is 0.243 e. The van der Waals surface area contributed by atoms with Crippen molar-refractivity contribution >= 4 is 0 Å². The van der Waals surface area contributed by atoms with Gasteiger partial charge in [0.2, 0.25) is 5.89 Å². The lowest BCUT2D eigenvalue weighted by Crippen LogP contribution is -2.22. The molecule has 2 atom stereocenters. The molecule has 0 radical (unpaired) electrons. The number of aromatic nitrogens is 2. The van der Waals surface area contributed by atoms with Crippen LogP contribution in [-0.2, 0) is 0 Å². The lowest BCUT2D eigenvalue weighted by atomic mass is 10.2. The summed E-state index contributed by atoms with van der Waals surface area (Å²) < 4.78 is 10.9. The quantitative estimate of drug-likeness (QED) is 0.895. The summed E-state index contributed by atoms with van der Waals surface area (Å²) in [7, 11) is 0. The summed E-state index contributed by atoms with van der Waals surface area (Å²) in [6, 6.07) is 4.08. The second-order valence-corrected chi connectivity index (χ2v) is 5.32. The van der Waals surface area contributed by atoms with E-state index < -0.39 is 0 Å². The van der Waals surface area contributed by atoms with Crippen LogP contribution in [0.25, 0.3) is 0 Å². The van der Waals surface area contributed by atoms with Gasteiger partial charge in [0.1, 0.15) is 11.5 Å². The lowest BCUT2D eigenvalue weighted by Gasteiger charge is -2.15. The fourth-order valence-corrected chi connectivity index (χ4v) is 2.15. The Bertz CT molecular complexity index is 557. The molecule has 102 valence electrons. The predicted octanol–water partition coefficient (Wildman–Crippen LogP) is 3.26. The molecule has 0 unspecified atom stereocenters. The van der Waals surface area contributed by atoms with E-state index in [4.69, 9.17) is 8.94 Å². The third kappa shape index (κ3) is 2.71. The SMILES string of the molecule is Cc1ccc([C@@H](C)N[C@@H](C)c2nc(C3CC3)no2)o1. The molecule has 5 heteroatoms. The molecule has 0 bridgehead atoms. The molecule has 1 aliphatic carbocycles. The Labute approximate surface area is 112 Å². The number of aryl methyl sites for hydroxylation is 1. The van der Waals surface area contributed by atoms with Crippen molar-refractivity contribution in [3.8, 4) is 0 Å². The molecule has 19 heavy (non-hydrogen) atoms. The molecule has 3 rings (SSSR count). The number of hydrogen-bond acceptors (Lipinski definition) is 5. The zero-order valence-electron chi connectivity index (χ0n) is 11.5. The predicted molar refractivity (Wildman–Crippen MR) is 69.7 cm³/mol. The van der Waals surface area contributed by atoms with E-state index in [0.717, 1.165) is 17.3 Å². The summed E-state index contributed by atoms with van der Waals surface area (Å²) >= 11 is 0. The Kier molecular flexibility index (Phi) is 3.14. The van der Waals surface area contributed by atoms with Crippen molar-refractivity contribution in [3.63, 3.8) is 0 Å². The highest BCUT2D eigenvalue weighted by atomic mass is 16.5. The van der Waals surface area contributed by atoms with Crippen LogP contribution in [0.15, 0.2) is 21.1 Å². The van der Waals surface area contributed by atoms with Crippen LogP contribution in [0, 0.1) is 6.92 Å². The zero-order chi connectivity index (χ0) is 13.4. The average molecular weight is 261 g/mol. The van der Waals surface area contributed by atoms with Crippen molar-refractivity contribution in [2.24, 2.45) is 0 Å². The molecule has 1 N–H and O–H groups in total. The minimum atomic E-state index is 0.0143. The molecule has 5 nitrogen and oxygen atoms in total. The number of nitrogens with one attached hydrogen (secondary N) is 1. The fourth-order valence-electron chi connectivity index (χ4n) is 2.15. The van der Waals surface area contributed by atoms with E-state index in [9.17, 15) is 0 Å². The molecule has 0 saturated heterocycles. The maximum atomic E-state index is 5.61. The average Bonchev–Trinajstić information content (AvgIpc) is 2.94. The largest absolute Gasteiger partial charge is 0.465 e. The summed E-state index contributed by atoms with van der Waals surface area (Å²) in [5, 5.41) is 7.44. The second kappa shape index (κ2) is 4.81. The van der Waals surface area contributed by atoms with E-state index in [0.29, 0.717) is 11.8 Å². The van der Waals surface area contributed by atoms with E-state index in [-0.39, 0.29) is 12.1 Å². The van der Waals surface area contributed by atoms with Gasteiger partial charge in [0.15, 0.2) is 5.82 Å². The van der Waals surface area contributed by atoms with Crippen molar-refractivity contribution in [2.45, 2.75) is 51.6 Å². The second-order valence-electron chi connectivity index (χ2n) is 5.32. The van der Waals surface area contributed by atoms with E-state index in [1.807, 2.05) is 26.0 Å². The standard InChI is InChI=1S/C14H19N3O2/c1-8-4-7-12(18-8)9(2)15-10(3)14-16-13(17-19-14)11-5-6-11/h4,7,9-11,15H,5-6H2,1-3H3/t9-,10+/m1/s1. The Balaban J connectivity index is 1.64. The number of hydrogen-bond donors (Lipinski definition) is 1. The van der Waals surface area contributed by atoms with E-state index in [1.54, 1.807) is 0 Å². The summed E-state index contributed by atoms with van der Waals surface area (Å²) in [6.07, 6.45) is 2.37. The number of nitrogens with zero attached hydrogens (tertiary/aromatic N) is 2. The summed E-state index contributed by atoms with van der Waals surface area (Å²) in [4.78, 5) is 4.45. The van der Waals surface area contributed by atoms with Crippen LogP contribution in [0.5, 0.6) is 0 Å². The van der Waals surface area contributed by atoms with Gasteiger partial charge in [-0.05, 0) is 45.7 Å². The highest BCUT2D eigenvalue weighted by Crippen LogP contribution is 2.38. The molecule has 2 aromatic rings. The summed E-state index contributed by atoms with van der Waals surface area (Å²) in [6.45, 7) is 6.03. The number of furan rings is 1. The minimum Gasteiger partial charge on any atom is -0.465 e. The summed E-state index contributed by atoms with van der Waals surface area (Å²) in [5.74, 6) is 3.87. The third-order valence-electron chi connectivity index (χ3n) is 3.46. The highest BCUT2D eigenvalue weighted by molar-refractivity contribution is 5.10. The minimum absolute atomic E-state index is 0.0143. The van der Waals surface area contributed by atoms with Gasteiger partial charge in [-0.3, -0.25) is 5.32 Å². The van der Waals surface area contributed by atoms with E-state index >= 15 is 0 Å². The first-order valence-electron chi connectivity index (χ1n) is 6.79. The number of rotatable bonds is 5. The molecule has 0 aromatic carbocycles. The molecule has 1 fully saturated rings. The monoisotopic (exact) mass is 261 g/mol. The molecule has 0 spiro atoms. The van der Waals surface area contributed by atoms with E-state index in [1.165, 1.54) is 12.8 Å². The van der Waals surface area contributed by atoms with Gasteiger partial charge in [-0.1, -0.05) is 5.16 Å². The van der Waals surface area contributed by atoms with Crippen molar-refractivity contribution in [2.75, 3.05) is 0 Å². The van der Waals surface area contributed by atoms with Gasteiger partial charge in [-0.15, -0.1) is 0 Å². The normalized spacial score (nSPS) is 18.5. The molecule has 0 amide bonds. The van der Waals surface area contributed by atoms with Gasteiger partial charge < -0.3 is 8.94 Å². The molecule has 0 aliphatic heterocycles. The Morgan fingerprint density at radius 1 is 1.26 bits per heavy atom. The van der Waals surface area contributed by atoms with Crippen LogP contribution >= 0.6 is 0 Å². The highest BCUT2D eigenvalue weighted by Gasteiger charge is 2.29. The van der Waals surface area contributed by atoms with Crippen molar-refractivity contribution in [1.29, 1.82) is 0 Å². The molecule has 1 aliphatic rings. The summed E-state index contributed by atoms with van der Waals surface area (Å²) in [5.41, 5.74) is 0. The molecule has 2 heterocycles.